The summed E-state index contributed by atoms with van der Waals surface area (Å²) in [6.45, 7) is 4.23. The molecule has 3 nitrogen and oxygen atoms in total. The van der Waals surface area contributed by atoms with E-state index in [0.717, 1.165) is 29.3 Å². The predicted molar refractivity (Wildman–Crippen MR) is 119 cm³/mol. The zero-order valence-electron chi connectivity index (χ0n) is 16.7. The van der Waals surface area contributed by atoms with Crippen LogP contribution >= 0.6 is 0 Å². The van der Waals surface area contributed by atoms with Gasteiger partial charge in [0.25, 0.3) is 0 Å². The molecule has 5 rings (SSSR count). The summed E-state index contributed by atoms with van der Waals surface area (Å²) < 4.78 is 1.99. The fourth-order valence-corrected chi connectivity index (χ4v) is 4.16. The molecule has 4 aromatic rings. The first-order valence-electron chi connectivity index (χ1n) is 10.0. The average Bonchev–Trinajstić information content (AvgIpc) is 3.11. The van der Waals surface area contributed by atoms with Crippen molar-refractivity contribution in [2.45, 2.75) is 26.2 Å². The monoisotopic (exact) mass is 377 g/mol. The lowest BCUT2D eigenvalue weighted by molar-refractivity contribution is 0.826. The molecule has 2 heterocycles. The highest BCUT2D eigenvalue weighted by Crippen LogP contribution is 2.42. The molecule has 142 valence electrons. The van der Waals surface area contributed by atoms with Crippen LogP contribution in [-0.4, -0.2) is 15.5 Å². The van der Waals surface area contributed by atoms with Gasteiger partial charge < -0.3 is 0 Å². The molecule has 0 saturated heterocycles. The van der Waals surface area contributed by atoms with Crippen molar-refractivity contribution in [3.05, 3.63) is 113 Å². The molecular weight excluding hydrogens is 354 g/mol. The summed E-state index contributed by atoms with van der Waals surface area (Å²) in [5.74, 6) is 1.19. The maximum atomic E-state index is 5.12. The Bertz CT molecular complexity index is 1170. The van der Waals surface area contributed by atoms with Crippen molar-refractivity contribution in [1.82, 2.24) is 9.78 Å². The second kappa shape index (κ2) is 7.17. The Morgan fingerprint density at radius 3 is 2.14 bits per heavy atom. The van der Waals surface area contributed by atoms with Gasteiger partial charge in [-0.3, -0.25) is 0 Å². The van der Waals surface area contributed by atoms with Crippen molar-refractivity contribution in [1.29, 1.82) is 0 Å². The number of aliphatic imine (C=N–C) groups is 1. The van der Waals surface area contributed by atoms with Crippen LogP contribution in [0.4, 0.5) is 5.82 Å². The second-order valence-electron chi connectivity index (χ2n) is 7.66. The number of benzene rings is 3. The van der Waals surface area contributed by atoms with Gasteiger partial charge in [0, 0.05) is 17.9 Å². The van der Waals surface area contributed by atoms with E-state index in [2.05, 4.69) is 74.5 Å². The Labute approximate surface area is 171 Å². The third kappa shape index (κ3) is 3.19. The zero-order valence-corrected chi connectivity index (χ0v) is 16.7. The second-order valence-corrected chi connectivity index (χ2v) is 7.66. The third-order valence-electron chi connectivity index (χ3n) is 5.66. The fourth-order valence-electron chi connectivity index (χ4n) is 4.16. The summed E-state index contributed by atoms with van der Waals surface area (Å²) in [6, 6.07) is 29.7. The normalized spacial score (nSPS) is 15.7. The minimum Gasteiger partial charge on any atom is -0.233 e. The van der Waals surface area contributed by atoms with Gasteiger partial charge in [0.05, 0.1) is 17.1 Å². The van der Waals surface area contributed by atoms with Crippen LogP contribution < -0.4 is 0 Å². The van der Waals surface area contributed by atoms with Gasteiger partial charge in [-0.2, -0.15) is 5.10 Å². The molecule has 0 radical (unpaired) electrons. The number of rotatable bonds is 3. The Hall–Kier alpha value is -3.46. The van der Waals surface area contributed by atoms with Crippen molar-refractivity contribution in [2.75, 3.05) is 0 Å². The number of hydrogen-bond donors (Lipinski definition) is 0. The predicted octanol–water partition coefficient (Wildman–Crippen LogP) is 6.15. The maximum absolute atomic E-state index is 5.12. The third-order valence-corrected chi connectivity index (χ3v) is 5.66. The molecule has 0 N–H and O–H groups in total. The lowest BCUT2D eigenvalue weighted by Crippen LogP contribution is -2.15. The largest absolute Gasteiger partial charge is 0.233 e. The van der Waals surface area contributed by atoms with Crippen LogP contribution in [0.25, 0.3) is 5.69 Å². The lowest BCUT2D eigenvalue weighted by atomic mass is 9.83. The van der Waals surface area contributed by atoms with E-state index >= 15 is 0 Å². The molecule has 1 atom stereocenters. The number of aryl methyl sites for hydroxylation is 2. The Balaban J connectivity index is 1.72. The van der Waals surface area contributed by atoms with Crippen molar-refractivity contribution in [3.8, 4) is 5.69 Å². The van der Waals surface area contributed by atoms with Crippen molar-refractivity contribution < 1.29 is 0 Å². The van der Waals surface area contributed by atoms with E-state index in [0.29, 0.717) is 0 Å². The first kappa shape index (κ1) is 17.6. The molecule has 3 heteroatoms. The molecule has 0 bridgehead atoms. The van der Waals surface area contributed by atoms with Gasteiger partial charge >= 0.3 is 0 Å². The summed E-state index contributed by atoms with van der Waals surface area (Å²) in [6.07, 6.45) is 0.876. The number of hydrogen-bond acceptors (Lipinski definition) is 2. The maximum Gasteiger partial charge on any atom is 0.160 e. The van der Waals surface area contributed by atoms with Crippen LogP contribution in [0.3, 0.4) is 0 Å². The van der Waals surface area contributed by atoms with Crippen molar-refractivity contribution >= 4 is 11.5 Å². The first-order chi connectivity index (χ1) is 14.2. The minimum atomic E-state index is 0.246. The molecule has 0 aliphatic carbocycles. The van der Waals surface area contributed by atoms with Gasteiger partial charge in [-0.15, -0.1) is 0 Å². The molecule has 29 heavy (non-hydrogen) atoms. The van der Waals surface area contributed by atoms with Crippen LogP contribution in [0, 0.1) is 13.8 Å². The van der Waals surface area contributed by atoms with Crippen LogP contribution in [0.2, 0.25) is 0 Å². The summed E-state index contributed by atoms with van der Waals surface area (Å²) in [4.78, 5) is 5.12. The topological polar surface area (TPSA) is 30.2 Å². The van der Waals surface area contributed by atoms with Crippen molar-refractivity contribution in [2.24, 2.45) is 4.99 Å². The smallest absolute Gasteiger partial charge is 0.160 e. The molecule has 0 fully saturated rings. The van der Waals surface area contributed by atoms with E-state index in [9.17, 15) is 0 Å². The molecule has 1 aromatic heterocycles. The number of aromatic nitrogens is 2. The van der Waals surface area contributed by atoms with Gasteiger partial charge in [0.1, 0.15) is 0 Å². The summed E-state index contributed by atoms with van der Waals surface area (Å²) in [5, 5.41) is 4.89. The first-order valence-corrected chi connectivity index (χ1v) is 10.0. The zero-order chi connectivity index (χ0) is 19.8. The average molecular weight is 377 g/mol. The van der Waals surface area contributed by atoms with Gasteiger partial charge in [0.15, 0.2) is 5.82 Å². The quantitative estimate of drug-likeness (QED) is 0.421. The van der Waals surface area contributed by atoms with Gasteiger partial charge in [-0.25, -0.2) is 9.67 Å². The number of para-hydroxylation sites is 1. The van der Waals surface area contributed by atoms with Crippen LogP contribution in [0.15, 0.2) is 89.9 Å². The van der Waals surface area contributed by atoms with Crippen LogP contribution in [-0.2, 0) is 0 Å². The number of nitrogens with zero attached hydrogens (tertiary/aromatic N) is 3. The van der Waals surface area contributed by atoms with E-state index < -0.39 is 0 Å². The fraction of sp³-hybridized carbons (Fsp3) is 0.154. The molecule has 3 aromatic carbocycles. The van der Waals surface area contributed by atoms with Crippen LogP contribution in [0.5, 0.6) is 0 Å². The van der Waals surface area contributed by atoms with E-state index in [1.807, 2.05) is 28.9 Å². The highest BCUT2D eigenvalue weighted by atomic mass is 15.3. The van der Waals surface area contributed by atoms with Gasteiger partial charge in [-0.1, -0.05) is 78.4 Å². The van der Waals surface area contributed by atoms with E-state index in [1.54, 1.807) is 0 Å². The van der Waals surface area contributed by atoms with Crippen LogP contribution in [0.1, 0.15) is 40.3 Å². The molecular formula is C26H23N3. The highest BCUT2D eigenvalue weighted by molar-refractivity contribution is 6.04. The Morgan fingerprint density at radius 1 is 0.793 bits per heavy atom. The standard InChI is InChI=1S/C26H23N3/c1-18-13-15-20(16-14-18)23-17-24(21-9-5-3-6-10-21)27-26-25(23)19(2)28-29(26)22-11-7-4-8-12-22/h3-16,23H,17H2,1-2H3. The molecule has 0 spiro atoms. The highest BCUT2D eigenvalue weighted by Gasteiger charge is 2.31. The summed E-state index contributed by atoms with van der Waals surface area (Å²) in [7, 11) is 0. The minimum absolute atomic E-state index is 0.246. The van der Waals surface area contributed by atoms with E-state index in [1.165, 1.54) is 22.3 Å². The number of fused-ring (bicyclic) bond motifs is 1. The summed E-state index contributed by atoms with van der Waals surface area (Å²) >= 11 is 0. The van der Waals surface area contributed by atoms with Crippen molar-refractivity contribution in [3.63, 3.8) is 0 Å². The van der Waals surface area contributed by atoms with E-state index in [4.69, 9.17) is 10.1 Å². The van der Waals surface area contributed by atoms with Gasteiger partial charge in [-0.05, 0) is 37.1 Å². The molecule has 1 unspecified atom stereocenters. The molecule has 1 aliphatic heterocycles. The van der Waals surface area contributed by atoms with Gasteiger partial charge in [0.2, 0.25) is 0 Å². The van der Waals surface area contributed by atoms with E-state index in [-0.39, 0.29) is 5.92 Å². The molecule has 0 saturated carbocycles. The summed E-state index contributed by atoms with van der Waals surface area (Å²) in [5.41, 5.74) is 8.20. The lowest BCUT2D eigenvalue weighted by Gasteiger charge is -2.24. The molecule has 1 aliphatic rings. The molecule has 0 amide bonds. The Morgan fingerprint density at radius 2 is 1.45 bits per heavy atom. The SMILES string of the molecule is Cc1ccc(C2CC(c3ccccc3)=Nc3c2c(C)nn3-c2ccccc2)cc1. The Kier molecular flexibility index (Phi) is 4.36.